The zero-order chi connectivity index (χ0) is 13.3. The largest absolute Gasteiger partial charge is 1.00 e. The molecule has 1 aromatic heterocycles. The van der Waals surface area contributed by atoms with Crippen molar-refractivity contribution in [3.63, 3.8) is 0 Å². The molecule has 0 unspecified atom stereocenters. The van der Waals surface area contributed by atoms with Crippen LogP contribution in [-0.4, -0.2) is 30.1 Å². The molecule has 1 rings (SSSR count). The summed E-state index contributed by atoms with van der Waals surface area (Å²) in [5.41, 5.74) is -0.599. The van der Waals surface area contributed by atoms with E-state index in [0.29, 0.717) is 0 Å². The molecule has 0 fully saturated rings. The van der Waals surface area contributed by atoms with Crippen LogP contribution in [0.4, 0.5) is 5.13 Å². The van der Waals surface area contributed by atoms with E-state index in [1.165, 1.54) is 6.92 Å². The summed E-state index contributed by atoms with van der Waals surface area (Å²) in [4.78, 5) is 10.8. The monoisotopic (exact) mass is 301 g/mol. The van der Waals surface area contributed by atoms with Crippen molar-refractivity contribution in [2.45, 2.75) is 37.6 Å². The van der Waals surface area contributed by atoms with Gasteiger partial charge in [-0.3, -0.25) is 4.79 Å². The van der Waals surface area contributed by atoms with E-state index in [1.807, 2.05) is 0 Å². The maximum atomic E-state index is 11.8. The molecule has 1 amide bonds. The van der Waals surface area contributed by atoms with Crippen LogP contribution in [0, 0.1) is 0 Å². The third kappa shape index (κ3) is 5.72. The summed E-state index contributed by atoms with van der Waals surface area (Å²) in [7, 11) is -3.69. The van der Waals surface area contributed by atoms with Crippen LogP contribution >= 0.6 is 11.3 Å². The van der Waals surface area contributed by atoms with Gasteiger partial charge in [-0.05, 0) is 20.8 Å². The third-order valence-corrected chi connectivity index (χ3v) is 4.32. The molecule has 7 nitrogen and oxygen atoms in total. The van der Waals surface area contributed by atoms with Crippen LogP contribution in [0.25, 0.3) is 0 Å². The van der Waals surface area contributed by atoms with Gasteiger partial charge in [-0.1, -0.05) is 11.3 Å². The summed E-state index contributed by atoms with van der Waals surface area (Å²) in [5.74, 6) is -0.325. The Labute approximate surface area is 132 Å². The fourth-order valence-electron chi connectivity index (χ4n) is 0.966. The molecule has 0 saturated heterocycles. The molecule has 0 aliphatic rings. The Morgan fingerprint density at radius 1 is 1.28 bits per heavy atom. The first-order chi connectivity index (χ1) is 7.60. The normalized spacial score (nSPS) is 11.8. The summed E-state index contributed by atoms with van der Waals surface area (Å²) in [6, 6.07) is 0. The second kappa shape index (κ2) is 6.40. The molecule has 0 saturated carbocycles. The number of sulfonamides is 1. The van der Waals surface area contributed by atoms with Gasteiger partial charge >= 0.3 is 29.6 Å². The zero-order valence-electron chi connectivity index (χ0n) is 10.9. The van der Waals surface area contributed by atoms with Crippen LogP contribution in [-0.2, 0) is 14.8 Å². The van der Waals surface area contributed by atoms with Crippen molar-refractivity contribution in [2.24, 2.45) is 0 Å². The summed E-state index contributed by atoms with van der Waals surface area (Å²) in [6.07, 6.45) is 0. The molecular formula is C8H14N4NaO3S2+. The van der Waals surface area contributed by atoms with Crippen LogP contribution in [0.2, 0.25) is 0 Å². The van der Waals surface area contributed by atoms with Gasteiger partial charge in [0.05, 0.1) is 0 Å². The van der Waals surface area contributed by atoms with E-state index in [4.69, 9.17) is 0 Å². The minimum Gasteiger partial charge on any atom is -0.301 e. The maximum absolute atomic E-state index is 11.8. The summed E-state index contributed by atoms with van der Waals surface area (Å²) in [6.45, 7) is 6.48. The molecule has 0 aromatic carbocycles. The number of carbonyl (C=O) groups is 1. The Morgan fingerprint density at radius 3 is 2.28 bits per heavy atom. The van der Waals surface area contributed by atoms with Gasteiger partial charge in [-0.15, -0.1) is 10.2 Å². The van der Waals surface area contributed by atoms with Crippen molar-refractivity contribution in [2.75, 3.05) is 5.32 Å². The molecule has 0 spiro atoms. The fraction of sp³-hybridized carbons (Fsp3) is 0.625. The quantitative estimate of drug-likeness (QED) is 0.478. The first-order valence-corrected chi connectivity index (χ1v) is 7.05. The van der Waals surface area contributed by atoms with Crippen molar-refractivity contribution in [1.29, 1.82) is 0 Å². The Kier molecular flexibility index (Phi) is 6.38. The minimum atomic E-state index is -3.69. The fourth-order valence-corrected chi connectivity index (χ4v) is 3.33. The van der Waals surface area contributed by atoms with Gasteiger partial charge in [0.2, 0.25) is 15.4 Å². The van der Waals surface area contributed by atoms with Gasteiger partial charge in [0.1, 0.15) is 0 Å². The van der Waals surface area contributed by atoms with Crippen LogP contribution in [0.15, 0.2) is 4.34 Å². The molecule has 1 heterocycles. The van der Waals surface area contributed by atoms with Crippen LogP contribution in [0.5, 0.6) is 0 Å². The van der Waals surface area contributed by atoms with Crippen molar-refractivity contribution in [3.8, 4) is 0 Å². The molecule has 18 heavy (non-hydrogen) atoms. The van der Waals surface area contributed by atoms with Crippen molar-refractivity contribution in [3.05, 3.63) is 0 Å². The first-order valence-electron chi connectivity index (χ1n) is 4.75. The second-order valence-electron chi connectivity index (χ2n) is 4.41. The van der Waals surface area contributed by atoms with Crippen molar-refractivity contribution in [1.82, 2.24) is 14.9 Å². The minimum absolute atomic E-state index is 0. The van der Waals surface area contributed by atoms with Crippen LogP contribution in [0.3, 0.4) is 0 Å². The van der Waals surface area contributed by atoms with Gasteiger partial charge in [0.15, 0.2) is 0 Å². The first kappa shape index (κ1) is 17.9. The molecule has 10 heteroatoms. The standard InChI is InChI=1S/C8H14N4O3S2.Na/c1-5(13)9-6-10-11-7(16-6)17(14,15)12-8(2,3)4;/h12H,1-4H3,(H,9,10,13);/q;+1. The number of anilines is 1. The number of hydrogen-bond acceptors (Lipinski definition) is 6. The van der Waals surface area contributed by atoms with Gasteiger partial charge in [0.25, 0.3) is 10.0 Å². The molecule has 1 aromatic rings. The predicted octanol–water partition coefficient (Wildman–Crippen LogP) is -2.42. The van der Waals surface area contributed by atoms with Gasteiger partial charge < -0.3 is 5.32 Å². The predicted molar refractivity (Wildman–Crippen MR) is 64.3 cm³/mol. The number of hydrogen-bond donors (Lipinski definition) is 2. The number of nitrogens with one attached hydrogen (secondary N) is 2. The smallest absolute Gasteiger partial charge is 0.301 e. The van der Waals surface area contributed by atoms with E-state index in [2.05, 4.69) is 20.2 Å². The van der Waals surface area contributed by atoms with E-state index < -0.39 is 15.6 Å². The molecule has 0 aliphatic heterocycles. The maximum Gasteiger partial charge on any atom is 1.00 e. The number of nitrogens with zero attached hydrogens (tertiary/aromatic N) is 2. The Balaban J connectivity index is 0.00000289. The van der Waals surface area contributed by atoms with Crippen LogP contribution in [0.1, 0.15) is 27.7 Å². The zero-order valence-corrected chi connectivity index (χ0v) is 14.6. The Bertz CT molecular complexity index is 521. The molecule has 2 N–H and O–H groups in total. The molecule has 0 atom stereocenters. The summed E-state index contributed by atoms with van der Waals surface area (Å²) < 4.78 is 25.9. The molecule has 96 valence electrons. The van der Waals surface area contributed by atoms with Crippen LogP contribution < -0.4 is 39.6 Å². The number of rotatable bonds is 3. The van der Waals surface area contributed by atoms with E-state index in [-0.39, 0.29) is 44.9 Å². The number of amides is 1. The Morgan fingerprint density at radius 2 is 1.83 bits per heavy atom. The summed E-state index contributed by atoms with van der Waals surface area (Å²) in [5, 5.41) is 9.63. The third-order valence-electron chi connectivity index (χ3n) is 1.36. The van der Waals surface area contributed by atoms with E-state index in [1.54, 1.807) is 20.8 Å². The van der Waals surface area contributed by atoms with Crippen molar-refractivity contribution >= 4 is 32.4 Å². The second-order valence-corrected chi connectivity index (χ2v) is 7.24. The average Bonchev–Trinajstić information content (AvgIpc) is 2.46. The average molecular weight is 301 g/mol. The van der Waals surface area contributed by atoms with Crippen molar-refractivity contribution < 1.29 is 42.8 Å². The molecule has 0 aliphatic carbocycles. The van der Waals surface area contributed by atoms with E-state index in [9.17, 15) is 13.2 Å². The van der Waals surface area contributed by atoms with Gasteiger partial charge in [0, 0.05) is 12.5 Å². The van der Waals surface area contributed by atoms with E-state index in [0.717, 1.165) is 11.3 Å². The molecule has 0 bridgehead atoms. The summed E-state index contributed by atoms with van der Waals surface area (Å²) >= 11 is 0.804. The Hall–Kier alpha value is -0.0600. The van der Waals surface area contributed by atoms with E-state index >= 15 is 0 Å². The molecular weight excluding hydrogens is 287 g/mol. The topological polar surface area (TPSA) is 101 Å². The van der Waals surface area contributed by atoms with Gasteiger partial charge in [-0.2, -0.15) is 0 Å². The number of aromatic nitrogens is 2. The number of carbonyl (C=O) groups excluding carboxylic acids is 1. The molecule has 0 radical (unpaired) electrons. The van der Waals surface area contributed by atoms with Gasteiger partial charge in [-0.25, -0.2) is 13.1 Å². The SMILES string of the molecule is CC(=O)Nc1nnc(S(=O)(=O)NC(C)(C)C)s1.[Na+].